The standard InChI is InChI=1S/C66H84N4/c1-5-17-45(18-6-1)57-41-47(29-37-61(57)67-51-21-9-3-10-22-51)49-31-39-65-59(43-49)60-44-50(48-30-38-62(68-52-23-11-4-12-24-52)58(42-48)46-19-7-2-8-20-46)32-40-66(60)70(65)54-35-33-53(34-36-54)69-63-27-15-13-25-55(63)56-26-14-16-28-64(56)69/h1-5,7,9,11,15-16,21,23,27-29,31-33,35,37,39-40,42,45-50,55-57,59-68H,6,8,10,12-14,17-20,22,24-26,30,34,36,38,41,43-44H2. The quantitative estimate of drug-likeness (QED) is 0.214. The van der Waals surface area contributed by atoms with E-state index in [1.54, 1.807) is 17.0 Å². The van der Waals surface area contributed by atoms with E-state index in [9.17, 15) is 0 Å². The summed E-state index contributed by atoms with van der Waals surface area (Å²) < 4.78 is 0. The van der Waals surface area contributed by atoms with Crippen LogP contribution in [0.15, 0.2) is 168 Å². The van der Waals surface area contributed by atoms with E-state index >= 15 is 0 Å². The summed E-state index contributed by atoms with van der Waals surface area (Å²) in [6.07, 6.45) is 84.8. The molecule has 13 aliphatic rings. The molecule has 0 aromatic rings. The number of allylic oxidation sites excluding steroid dienone is 22. The van der Waals surface area contributed by atoms with E-state index in [2.05, 4.69) is 160 Å². The van der Waals surface area contributed by atoms with Gasteiger partial charge in [0.05, 0.1) is 24.2 Å². The van der Waals surface area contributed by atoms with Gasteiger partial charge in [0.2, 0.25) is 0 Å². The van der Waals surface area contributed by atoms with Gasteiger partial charge in [0.1, 0.15) is 0 Å². The van der Waals surface area contributed by atoms with Crippen LogP contribution in [0.4, 0.5) is 0 Å². The summed E-state index contributed by atoms with van der Waals surface area (Å²) >= 11 is 0. The second-order valence-electron chi connectivity index (χ2n) is 24.4. The Bertz CT molecular complexity index is 2360. The van der Waals surface area contributed by atoms with Gasteiger partial charge in [0, 0.05) is 34.9 Å². The summed E-state index contributed by atoms with van der Waals surface area (Å²) in [5.74, 6) is 7.66. The molecule has 2 saturated heterocycles. The van der Waals surface area contributed by atoms with Gasteiger partial charge in [-0.15, -0.1) is 0 Å². The Morgan fingerprint density at radius 1 is 0.400 bits per heavy atom. The second-order valence-corrected chi connectivity index (χ2v) is 24.4. The predicted molar refractivity (Wildman–Crippen MR) is 291 cm³/mol. The maximum Gasteiger partial charge on any atom is 0.0508 e. The summed E-state index contributed by atoms with van der Waals surface area (Å²) in [5.41, 5.74) is 7.84. The minimum Gasteiger partial charge on any atom is -0.382 e. The smallest absolute Gasteiger partial charge is 0.0508 e. The van der Waals surface area contributed by atoms with E-state index in [1.807, 2.05) is 0 Å². The molecule has 70 heavy (non-hydrogen) atoms. The van der Waals surface area contributed by atoms with Crippen molar-refractivity contribution in [2.45, 2.75) is 171 Å². The van der Waals surface area contributed by atoms with Crippen molar-refractivity contribution in [3.8, 4) is 0 Å². The van der Waals surface area contributed by atoms with Crippen molar-refractivity contribution in [2.24, 2.45) is 65.1 Å². The predicted octanol–water partition coefficient (Wildman–Crippen LogP) is 14.6. The molecule has 0 bridgehead atoms. The summed E-state index contributed by atoms with van der Waals surface area (Å²) in [6, 6.07) is 3.08. The SMILES string of the molecule is C1=CCCC(NC2CCC(C3C=CC4C(C3)C3CC(C5C=CC(NC6=CC=CCC6)C(C6CC=CCC6)C5)C=CC3N4C3=CC=C(N4C5C=CCCC5C5CCC=CC54)CC3)C=C2C2CC=CCC2)=C1. The highest BCUT2D eigenvalue weighted by molar-refractivity contribution is 5.35. The zero-order chi connectivity index (χ0) is 46.4. The summed E-state index contributed by atoms with van der Waals surface area (Å²) in [6.45, 7) is 0. The van der Waals surface area contributed by atoms with Crippen molar-refractivity contribution in [1.82, 2.24) is 20.4 Å². The fourth-order valence-electron chi connectivity index (χ4n) is 17.3. The maximum atomic E-state index is 4.12. The molecule has 4 heteroatoms. The van der Waals surface area contributed by atoms with Crippen LogP contribution in [0.3, 0.4) is 0 Å². The Morgan fingerprint density at radius 2 is 0.971 bits per heavy atom. The number of nitrogens with one attached hydrogen (secondary N) is 2. The van der Waals surface area contributed by atoms with E-state index in [1.165, 1.54) is 121 Å². The molecule has 17 unspecified atom stereocenters. The zero-order valence-corrected chi connectivity index (χ0v) is 42.3. The number of rotatable bonds is 10. The highest BCUT2D eigenvalue weighted by Gasteiger charge is 2.53. The van der Waals surface area contributed by atoms with Crippen LogP contribution in [0.25, 0.3) is 0 Å². The van der Waals surface area contributed by atoms with E-state index in [0.717, 1.165) is 43.4 Å². The van der Waals surface area contributed by atoms with Crippen LogP contribution in [0.2, 0.25) is 0 Å². The van der Waals surface area contributed by atoms with Gasteiger partial charge in [-0.25, -0.2) is 0 Å². The molecule has 368 valence electrons. The molecule has 4 nitrogen and oxygen atoms in total. The fraction of sp³-hybridized carbons (Fsp3) is 0.576. The summed E-state index contributed by atoms with van der Waals surface area (Å²) in [4.78, 5) is 5.90. The summed E-state index contributed by atoms with van der Waals surface area (Å²) in [5, 5.41) is 8.23. The molecule has 2 aliphatic heterocycles. The van der Waals surface area contributed by atoms with Crippen LogP contribution in [0.5, 0.6) is 0 Å². The van der Waals surface area contributed by atoms with Crippen LogP contribution < -0.4 is 10.6 Å². The van der Waals surface area contributed by atoms with Crippen molar-refractivity contribution in [1.29, 1.82) is 0 Å². The molecule has 0 amide bonds. The molecule has 11 aliphatic carbocycles. The molecule has 0 aromatic carbocycles. The third-order valence-electron chi connectivity index (χ3n) is 20.8. The Morgan fingerprint density at radius 3 is 1.56 bits per heavy atom. The van der Waals surface area contributed by atoms with Crippen molar-refractivity contribution >= 4 is 0 Å². The van der Waals surface area contributed by atoms with Gasteiger partial charge in [-0.3, -0.25) is 0 Å². The van der Waals surface area contributed by atoms with E-state index in [4.69, 9.17) is 0 Å². The first kappa shape index (κ1) is 45.4. The first-order valence-electron chi connectivity index (χ1n) is 29.3. The number of nitrogens with zero attached hydrogens (tertiary/aromatic N) is 2. The lowest BCUT2D eigenvalue weighted by Crippen LogP contribution is -2.43. The highest BCUT2D eigenvalue weighted by Crippen LogP contribution is 2.55. The van der Waals surface area contributed by atoms with E-state index < -0.39 is 0 Å². The van der Waals surface area contributed by atoms with Crippen LogP contribution in [-0.2, 0) is 0 Å². The van der Waals surface area contributed by atoms with Crippen molar-refractivity contribution < 1.29 is 0 Å². The number of fused-ring (bicyclic) bond motifs is 6. The van der Waals surface area contributed by atoms with Crippen LogP contribution in [0, 0.1) is 65.1 Å². The molecular weight excluding hydrogens is 849 g/mol. The Balaban J connectivity index is 0.803. The average molecular weight is 933 g/mol. The fourth-order valence-corrected chi connectivity index (χ4v) is 17.3. The van der Waals surface area contributed by atoms with Crippen molar-refractivity contribution in [3.05, 3.63) is 168 Å². The molecule has 0 radical (unpaired) electrons. The van der Waals surface area contributed by atoms with Crippen molar-refractivity contribution in [2.75, 3.05) is 0 Å². The molecule has 17 atom stereocenters. The molecule has 0 spiro atoms. The van der Waals surface area contributed by atoms with Gasteiger partial charge in [-0.05, 0) is 230 Å². The average Bonchev–Trinajstić information content (AvgIpc) is 3.94. The highest BCUT2D eigenvalue weighted by atomic mass is 15.3. The molecule has 2 heterocycles. The normalized spacial score (nSPS) is 42.5. The van der Waals surface area contributed by atoms with Gasteiger partial charge >= 0.3 is 0 Å². The molecule has 2 N–H and O–H groups in total. The van der Waals surface area contributed by atoms with E-state index in [-0.39, 0.29) is 0 Å². The van der Waals surface area contributed by atoms with Gasteiger partial charge in [0.25, 0.3) is 0 Å². The Labute approximate surface area is 422 Å². The topological polar surface area (TPSA) is 30.5 Å². The van der Waals surface area contributed by atoms with Gasteiger partial charge in [-0.2, -0.15) is 0 Å². The van der Waals surface area contributed by atoms with Crippen molar-refractivity contribution in [3.63, 3.8) is 0 Å². The molecule has 13 rings (SSSR count). The lowest BCUT2D eigenvalue weighted by molar-refractivity contribution is 0.174. The zero-order valence-electron chi connectivity index (χ0n) is 42.3. The first-order valence-corrected chi connectivity index (χ1v) is 29.3. The minimum absolute atomic E-state index is 0.447. The molecule has 0 saturated carbocycles. The maximum absolute atomic E-state index is 4.12. The lowest BCUT2D eigenvalue weighted by atomic mass is 9.64. The Hall–Kier alpha value is -4.44. The Kier molecular flexibility index (Phi) is 13.1. The molecule has 2 fully saturated rings. The molecule has 0 aromatic heterocycles. The third kappa shape index (κ3) is 8.86. The van der Waals surface area contributed by atoms with Gasteiger partial charge in [0.15, 0.2) is 0 Å². The van der Waals surface area contributed by atoms with Gasteiger partial charge in [-0.1, -0.05) is 115 Å². The van der Waals surface area contributed by atoms with Crippen LogP contribution in [-0.4, -0.2) is 46.1 Å². The lowest BCUT2D eigenvalue weighted by Gasteiger charge is -2.43. The van der Waals surface area contributed by atoms with Crippen LogP contribution in [0.1, 0.15) is 135 Å². The minimum atomic E-state index is 0.447. The number of hydrogen-bond donors (Lipinski definition) is 2. The third-order valence-corrected chi connectivity index (χ3v) is 20.8. The largest absolute Gasteiger partial charge is 0.382 e. The number of hydrogen-bond acceptors (Lipinski definition) is 4. The van der Waals surface area contributed by atoms with Crippen LogP contribution >= 0.6 is 0 Å². The van der Waals surface area contributed by atoms with E-state index in [0.29, 0.717) is 83.6 Å². The monoisotopic (exact) mass is 933 g/mol. The second kappa shape index (κ2) is 20.2. The summed E-state index contributed by atoms with van der Waals surface area (Å²) in [7, 11) is 0. The van der Waals surface area contributed by atoms with Gasteiger partial charge < -0.3 is 20.4 Å². The first-order chi connectivity index (χ1) is 34.7. The number of likely N-dealkylation sites (tertiary alicyclic amines) is 2. The molecular formula is C66H84N4.